The van der Waals surface area contributed by atoms with E-state index in [0.717, 1.165) is 0 Å². The molecule has 0 unspecified atom stereocenters. The topological polar surface area (TPSA) is 88.3 Å². The third-order valence-corrected chi connectivity index (χ3v) is 1.44. The van der Waals surface area contributed by atoms with Gasteiger partial charge in [0.2, 0.25) is 0 Å². The largest absolute Gasteiger partial charge is 0.408 e. The average molecular weight is 194 g/mol. The Hall–Kier alpha value is -2.24. The molecule has 0 fully saturated rings. The first-order valence-corrected chi connectivity index (χ1v) is 3.61. The van der Waals surface area contributed by atoms with Crippen molar-refractivity contribution in [3.05, 3.63) is 40.8 Å². The molecule has 0 saturated carbocycles. The number of ketones is 1. The van der Waals surface area contributed by atoms with E-state index < -0.39 is 11.7 Å². The van der Waals surface area contributed by atoms with Crippen LogP contribution in [0.1, 0.15) is 10.4 Å². The summed E-state index contributed by atoms with van der Waals surface area (Å²) >= 11 is 0. The minimum absolute atomic E-state index is 0.240. The lowest BCUT2D eigenvalue weighted by molar-refractivity contribution is 0.101. The van der Waals surface area contributed by atoms with Crippen LogP contribution in [0.5, 0.6) is 0 Å². The van der Waals surface area contributed by atoms with E-state index in [1.54, 1.807) is 18.2 Å². The van der Waals surface area contributed by atoms with Crippen molar-refractivity contribution in [3.63, 3.8) is 0 Å². The van der Waals surface area contributed by atoms with Gasteiger partial charge in [0.05, 0.1) is 0 Å². The number of carbonyl (C=O) groups is 1. The molecule has 1 N–H and O–H groups in total. The van der Waals surface area contributed by atoms with Crippen LogP contribution in [0.2, 0.25) is 0 Å². The number of hydrogen-bond donors (Lipinski definition) is 1. The Bertz CT molecular complexity index is 361. The van der Waals surface area contributed by atoms with Gasteiger partial charge in [-0.05, 0) is 5.16 Å². The number of carbonyl (C=O) groups excluding carboxylic acids is 1. The van der Waals surface area contributed by atoms with Gasteiger partial charge in [0.1, 0.15) is 0 Å². The van der Waals surface area contributed by atoms with Crippen molar-refractivity contribution in [3.8, 4) is 0 Å². The van der Waals surface area contributed by atoms with Gasteiger partial charge in [0.25, 0.3) is 5.78 Å². The Morgan fingerprint density at radius 1 is 1.29 bits per heavy atom. The van der Waals surface area contributed by atoms with Crippen LogP contribution in [0.3, 0.4) is 0 Å². The van der Waals surface area contributed by atoms with Crippen LogP contribution < -0.4 is 0 Å². The first kappa shape index (κ1) is 9.85. The smallest absolute Gasteiger partial charge is 0.334 e. The molecule has 0 bridgehead atoms. The first-order chi connectivity index (χ1) is 6.79. The number of hydrogen-bond acceptors (Lipinski definition) is 6. The summed E-state index contributed by atoms with van der Waals surface area (Å²) in [5.74, 6) is -1.47. The third kappa shape index (κ3) is 2.13. The zero-order chi connectivity index (χ0) is 10.4. The van der Waals surface area contributed by atoms with Gasteiger partial charge in [-0.2, -0.15) is 0 Å². The highest BCUT2D eigenvalue weighted by atomic mass is 16.7. The molecule has 0 radical (unpaired) electrons. The fourth-order valence-corrected chi connectivity index (χ4v) is 0.853. The maximum absolute atomic E-state index is 11.4. The normalized spacial score (nSPS) is 10.7. The van der Waals surface area contributed by atoms with Crippen LogP contribution in [0.25, 0.3) is 0 Å². The summed E-state index contributed by atoms with van der Waals surface area (Å²) in [5, 5.41) is 12.8. The van der Waals surface area contributed by atoms with Crippen LogP contribution in [0, 0.1) is 4.91 Å². The molecule has 72 valence electrons. The fraction of sp³-hybridized carbons (Fsp3) is 0. The molecule has 0 amide bonds. The van der Waals surface area contributed by atoms with E-state index >= 15 is 0 Å². The molecule has 0 heterocycles. The summed E-state index contributed by atoms with van der Waals surface area (Å²) in [6, 6.07) is 7.93. The molecule has 0 spiro atoms. The molecule has 0 aromatic heterocycles. The first-order valence-electron chi connectivity index (χ1n) is 3.61. The molecule has 14 heavy (non-hydrogen) atoms. The van der Waals surface area contributed by atoms with Crippen molar-refractivity contribution < 1.29 is 14.8 Å². The number of rotatable bonds is 3. The van der Waals surface area contributed by atoms with Gasteiger partial charge < -0.3 is 5.21 Å². The second-order valence-electron chi connectivity index (χ2n) is 2.27. The highest BCUT2D eigenvalue weighted by Crippen LogP contribution is 2.02. The van der Waals surface area contributed by atoms with E-state index in [-0.39, 0.29) is 5.56 Å². The monoisotopic (exact) mass is 194 g/mol. The zero-order valence-electron chi connectivity index (χ0n) is 6.95. The molecule has 1 aromatic carbocycles. The van der Waals surface area contributed by atoms with Crippen molar-refractivity contribution in [1.82, 2.24) is 0 Å². The molecule has 1 rings (SSSR count). The SMILES string of the molecule is O=NOC(=NO)C(=O)c1ccccc1. The van der Waals surface area contributed by atoms with E-state index in [9.17, 15) is 9.70 Å². The van der Waals surface area contributed by atoms with Gasteiger partial charge in [-0.25, -0.2) is 0 Å². The van der Waals surface area contributed by atoms with E-state index in [0.29, 0.717) is 0 Å². The molecule has 6 nitrogen and oxygen atoms in total. The lowest BCUT2D eigenvalue weighted by Crippen LogP contribution is -2.15. The van der Waals surface area contributed by atoms with Crippen molar-refractivity contribution in [2.75, 3.05) is 0 Å². The molecule has 0 atom stereocenters. The van der Waals surface area contributed by atoms with Crippen molar-refractivity contribution >= 4 is 11.7 Å². The summed E-state index contributed by atoms with van der Waals surface area (Å²) in [7, 11) is 0. The molecule has 0 aliphatic rings. The number of oxime groups is 1. The Balaban J connectivity index is 2.90. The minimum atomic E-state index is -0.758. The predicted octanol–water partition coefficient (Wildman–Crippen LogP) is 1.35. The van der Waals surface area contributed by atoms with Gasteiger partial charge >= 0.3 is 5.90 Å². The van der Waals surface area contributed by atoms with Gasteiger partial charge in [0, 0.05) is 5.56 Å². The number of Topliss-reactive ketones (excluding diaryl/α,β-unsaturated/α-hetero) is 1. The van der Waals surface area contributed by atoms with Gasteiger partial charge in [0.15, 0.2) is 5.34 Å². The van der Waals surface area contributed by atoms with Gasteiger partial charge in [-0.1, -0.05) is 30.3 Å². The molecular formula is C8H6N2O4. The summed E-state index contributed by atoms with van der Waals surface area (Å²) in [4.78, 5) is 25.0. The quantitative estimate of drug-likeness (QED) is 0.196. The Labute approximate surface area is 78.7 Å². The Morgan fingerprint density at radius 3 is 2.43 bits per heavy atom. The highest BCUT2D eigenvalue weighted by Gasteiger charge is 2.16. The standard InChI is InChI=1S/C8H6N2O4/c11-7(8(9-12)14-10-13)6-4-2-1-3-5-6/h1-5,12H. The van der Waals surface area contributed by atoms with Crippen LogP contribution in [-0.4, -0.2) is 16.9 Å². The summed E-state index contributed by atoms with van der Waals surface area (Å²) < 4.78 is 0. The maximum Gasteiger partial charge on any atom is 0.334 e. The third-order valence-electron chi connectivity index (χ3n) is 1.44. The molecule has 6 heteroatoms. The second-order valence-corrected chi connectivity index (χ2v) is 2.27. The van der Waals surface area contributed by atoms with Crippen molar-refractivity contribution in [2.24, 2.45) is 10.5 Å². The minimum Gasteiger partial charge on any atom is -0.408 e. The van der Waals surface area contributed by atoms with Crippen LogP contribution >= 0.6 is 0 Å². The Morgan fingerprint density at radius 2 is 1.93 bits per heavy atom. The number of nitrogens with zero attached hydrogens (tertiary/aromatic N) is 2. The van der Waals surface area contributed by atoms with Crippen LogP contribution in [0.15, 0.2) is 40.8 Å². The van der Waals surface area contributed by atoms with Gasteiger partial charge in [-0.15, -0.1) is 4.91 Å². The number of benzene rings is 1. The highest BCUT2D eigenvalue weighted by molar-refractivity contribution is 6.42. The van der Waals surface area contributed by atoms with E-state index in [1.807, 2.05) is 5.34 Å². The average Bonchev–Trinajstić information content (AvgIpc) is 2.26. The lowest BCUT2D eigenvalue weighted by atomic mass is 10.1. The molecule has 0 aliphatic heterocycles. The van der Waals surface area contributed by atoms with E-state index in [1.165, 1.54) is 12.1 Å². The second kappa shape index (κ2) is 4.70. The molecule has 1 aromatic rings. The van der Waals surface area contributed by atoms with E-state index in [4.69, 9.17) is 5.21 Å². The van der Waals surface area contributed by atoms with Crippen molar-refractivity contribution in [2.45, 2.75) is 0 Å². The van der Waals surface area contributed by atoms with Crippen LogP contribution in [-0.2, 0) is 4.84 Å². The van der Waals surface area contributed by atoms with Crippen molar-refractivity contribution in [1.29, 1.82) is 0 Å². The maximum atomic E-state index is 11.4. The summed E-state index contributed by atoms with van der Waals surface area (Å²) in [6.07, 6.45) is 0. The summed E-state index contributed by atoms with van der Waals surface area (Å²) in [6.45, 7) is 0. The fourth-order valence-electron chi connectivity index (χ4n) is 0.853. The lowest BCUT2D eigenvalue weighted by Gasteiger charge is -1.97. The Kier molecular flexibility index (Phi) is 3.31. The zero-order valence-corrected chi connectivity index (χ0v) is 6.95. The molecule has 0 saturated heterocycles. The molecule has 0 aliphatic carbocycles. The predicted molar refractivity (Wildman–Crippen MR) is 46.9 cm³/mol. The van der Waals surface area contributed by atoms with Gasteiger partial charge in [-0.3, -0.25) is 9.63 Å². The van der Waals surface area contributed by atoms with Crippen LogP contribution in [0.4, 0.5) is 0 Å². The molecular weight excluding hydrogens is 188 g/mol. The summed E-state index contributed by atoms with van der Waals surface area (Å²) in [5.41, 5.74) is 0.240. The van der Waals surface area contributed by atoms with E-state index in [2.05, 4.69) is 9.99 Å².